The minimum atomic E-state index is -0.645. The van der Waals surface area contributed by atoms with Crippen LogP contribution in [0.15, 0.2) is 18.2 Å². The first-order valence-electron chi connectivity index (χ1n) is 5.41. The Hall–Kier alpha value is -1.84. The number of rotatable bonds is 3. The zero-order valence-electron chi connectivity index (χ0n) is 10.5. The fraction of sp³-hybridized carbons (Fsp3) is 0.385. The number of hydrogen-bond acceptors (Lipinski definition) is 3. The maximum atomic E-state index is 11.9. The Labute approximate surface area is 101 Å². The molecule has 1 rings (SSSR count). The Kier molecular flexibility index (Phi) is 4.26. The molecule has 0 saturated carbocycles. The lowest BCUT2D eigenvalue weighted by Crippen LogP contribution is -2.39. The molecule has 4 heteroatoms. The highest BCUT2D eigenvalue weighted by molar-refractivity contribution is 5.97. The van der Waals surface area contributed by atoms with Gasteiger partial charge in [-0.1, -0.05) is 17.2 Å². The number of carbonyl (C=O) groups is 2. The van der Waals surface area contributed by atoms with Crippen molar-refractivity contribution in [2.45, 2.75) is 26.8 Å². The fourth-order valence-corrected chi connectivity index (χ4v) is 1.62. The first-order chi connectivity index (χ1) is 7.93. The van der Waals surface area contributed by atoms with Crippen molar-refractivity contribution in [2.24, 2.45) is 0 Å². The van der Waals surface area contributed by atoms with E-state index in [0.29, 0.717) is 5.56 Å². The predicted molar refractivity (Wildman–Crippen MR) is 64.9 cm³/mol. The number of methoxy groups -OCH3 is 1. The fourth-order valence-electron chi connectivity index (χ4n) is 1.62. The quantitative estimate of drug-likeness (QED) is 0.809. The van der Waals surface area contributed by atoms with E-state index in [1.807, 2.05) is 19.9 Å². The largest absolute Gasteiger partial charge is 0.467 e. The lowest BCUT2D eigenvalue weighted by Gasteiger charge is -2.12. The van der Waals surface area contributed by atoms with E-state index in [0.717, 1.165) is 11.1 Å². The average Bonchev–Trinajstić information content (AvgIpc) is 2.26. The van der Waals surface area contributed by atoms with Crippen molar-refractivity contribution in [3.05, 3.63) is 34.9 Å². The molecule has 0 aliphatic carbocycles. The Morgan fingerprint density at radius 3 is 2.18 bits per heavy atom. The summed E-state index contributed by atoms with van der Waals surface area (Å²) in [5.74, 6) is -0.725. The average molecular weight is 235 g/mol. The van der Waals surface area contributed by atoms with E-state index in [1.54, 1.807) is 19.1 Å². The summed E-state index contributed by atoms with van der Waals surface area (Å²) in [4.78, 5) is 23.0. The summed E-state index contributed by atoms with van der Waals surface area (Å²) < 4.78 is 4.54. The van der Waals surface area contributed by atoms with Crippen LogP contribution in [0.25, 0.3) is 0 Å². The molecule has 0 radical (unpaired) electrons. The second-order valence-corrected chi connectivity index (χ2v) is 4.09. The number of carbonyl (C=O) groups excluding carboxylic acids is 2. The molecule has 0 bridgehead atoms. The summed E-state index contributed by atoms with van der Waals surface area (Å²) in [7, 11) is 1.29. The van der Waals surface area contributed by atoms with Gasteiger partial charge in [0, 0.05) is 5.56 Å². The number of nitrogens with one attached hydrogen (secondary N) is 1. The van der Waals surface area contributed by atoms with Crippen LogP contribution in [0, 0.1) is 13.8 Å². The van der Waals surface area contributed by atoms with Gasteiger partial charge in [0.15, 0.2) is 0 Å². The second-order valence-electron chi connectivity index (χ2n) is 4.09. The van der Waals surface area contributed by atoms with Gasteiger partial charge in [0.25, 0.3) is 5.91 Å². The lowest BCUT2D eigenvalue weighted by molar-refractivity contribution is -0.142. The molecule has 1 amide bonds. The van der Waals surface area contributed by atoms with Crippen LogP contribution in [0.2, 0.25) is 0 Å². The van der Waals surface area contributed by atoms with Crippen molar-refractivity contribution < 1.29 is 14.3 Å². The van der Waals surface area contributed by atoms with Gasteiger partial charge in [0.2, 0.25) is 0 Å². The molecular weight excluding hydrogens is 218 g/mol. The lowest BCUT2D eigenvalue weighted by atomic mass is 10.1. The standard InChI is InChI=1S/C13H17NO3/c1-8-5-9(2)7-11(6-8)12(15)14-10(3)13(16)17-4/h5-7,10H,1-4H3,(H,14,15)/t10-/m0/s1. The first-order valence-corrected chi connectivity index (χ1v) is 5.41. The number of benzene rings is 1. The van der Waals surface area contributed by atoms with Gasteiger partial charge < -0.3 is 10.1 Å². The van der Waals surface area contributed by atoms with E-state index in [1.165, 1.54) is 7.11 Å². The normalized spacial score (nSPS) is 11.8. The molecule has 0 saturated heterocycles. The number of hydrogen-bond donors (Lipinski definition) is 1. The van der Waals surface area contributed by atoms with Crippen LogP contribution in [-0.4, -0.2) is 25.0 Å². The molecule has 4 nitrogen and oxygen atoms in total. The smallest absolute Gasteiger partial charge is 0.328 e. The van der Waals surface area contributed by atoms with Crippen molar-refractivity contribution in [3.8, 4) is 0 Å². The molecule has 0 aliphatic heterocycles. The summed E-state index contributed by atoms with van der Waals surface area (Å²) >= 11 is 0. The molecule has 17 heavy (non-hydrogen) atoms. The van der Waals surface area contributed by atoms with E-state index in [9.17, 15) is 9.59 Å². The van der Waals surface area contributed by atoms with Crippen molar-refractivity contribution in [3.63, 3.8) is 0 Å². The number of amides is 1. The molecule has 0 heterocycles. The van der Waals surface area contributed by atoms with Gasteiger partial charge in [0.1, 0.15) is 6.04 Å². The van der Waals surface area contributed by atoms with E-state index < -0.39 is 12.0 Å². The van der Waals surface area contributed by atoms with Gasteiger partial charge >= 0.3 is 5.97 Å². The summed E-state index contributed by atoms with van der Waals surface area (Å²) in [5.41, 5.74) is 2.58. The van der Waals surface area contributed by atoms with E-state index >= 15 is 0 Å². The zero-order chi connectivity index (χ0) is 13.0. The van der Waals surface area contributed by atoms with Crippen molar-refractivity contribution in [2.75, 3.05) is 7.11 Å². The maximum absolute atomic E-state index is 11.9. The zero-order valence-corrected chi connectivity index (χ0v) is 10.5. The summed E-state index contributed by atoms with van der Waals surface area (Å²) in [5, 5.41) is 2.59. The third-order valence-electron chi connectivity index (χ3n) is 2.39. The Bertz CT molecular complexity index is 420. The van der Waals surface area contributed by atoms with Crippen molar-refractivity contribution >= 4 is 11.9 Å². The van der Waals surface area contributed by atoms with Crippen LogP contribution in [0.3, 0.4) is 0 Å². The first kappa shape index (κ1) is 13.2. The molecule has 1 aromatic rings. The van der Waals surface area contributed by atoms with Crippen LogP contribution in [-0.2, 0) is 9.53 Å². The molecule has 1 atom stereocenters. The molecule has 0 spiro atoms. The predicted octanol–water partition coefficient (Wildman–Crippen LogP) is 1.59. The van der Waals surface area contributed by atoms with Crippen LogP contribution in [0.5, 0.6) is 0 Å². The topological polar surface area (TPSA) is 55.4 Å². The number of aryl methyl sites for hydroxylation is 2. The molecule has 1 N–H and O–H groups in total. The van der Waals surface area contributed by atoms with Gasteiger partial charge in [-0.25, -0.2) is 4.79 Å². The third kappa shape index (κ3) is 3.59. The monoisotopic (exact) mass is 235 g/mol. The van der Waals surface area contributed by atoms with Crippen molar-refractivity contribution in [1.82, 2.24) is 5.32 Å². The highest BCUT2D eigenvalue weighted by atomic mass is 16.5. The van der Waals surface area contributed by atoms with Gasteiger partial charge in [0.05, 0.1) is 7.11 Å². The maximum Gasteiger partial charge on any atom is 0.328 e. The molecule has 92 valence electrons. The molecule has 1 aromatic carbocycles. The van der Waals surface area contributed by atoms with Gasteiger partial charge in [-0.05, 0) is 32.9 Å². The highest BCUT2D eigenvalue weighted by Gasteiger charge is 2.16. The number of ether oxygens (including phenoxy) is 1. The second kappa shape index (κ2) is 5.48. The summed E-state index contributed by atoms with van der Waals surface area (Å²) in [6, 6.07) is 4.91. The Morgan fingerprint density at radius 1 is 1.18 bits per heavy atom. The highest BCUT2D eigenvalue weighted by Crippen LogP contribution is 2.09. The van der Waals surface area contributed by atoms with Gasteiger partial charge in [-0.3, -0.25) is 4.79 Å². The van der Waals surface area contributed by atoms with E-state index in [2.05, 4.69) is 10.1 Å². The Balaban J connectivity index is 2.79. The molecule has 0 aliphatic rings. The van der Waals surface area contributed by atoms with Gasteiger partial charge in [-0.2, -0.15) is 0 Å². The molecule has 0 aromatic heterocycles. The van der Waals surface area contributed by atoms with Gasteiger partial charge in [-0.15, -0.1) is 0 Å². The Morgan fingerprint density at radius 2 is 1.71 bits per heavy atom. The minimum Gasteiger partial charge on any atom is -0.467 e. The van der Waals surface area contributed by atoms with E-state index in [-0.39, 0.29) is 5.91 Å². The van der Waals surface area contributed by atoms with Crippen LogP contribution >= 0.6 is 0 Å². The van der Waals surface area contributed by atoms with Crippen molar-refractivity contribution in [1.29, 1.82) is 0 Å². The van der Waals surface area contributed by atoms with Crippen LogP contribution in [0.1, 0.15) is 28.4 Å². The SMILES string of the molecule is COC(=O)[C@H](C)NC(=O)c1cc(C)cc(C)c1. The van der Waals surface area contributed by atoms with E-state index in [4.69, 9.17) is 0 Å². The molecular formula is C13H17NO3. The molecule has 0 unspecified atom stereocenters. The summed E-state index contributed by atoms with van der Waals surface area (Å²) in [6.07, 6.45) is 0. The number of esters is 1. The minimum absolute atomic E-state index is 0.269. The third-order valence-corrected chi connectivity index (χ3v) is 2.39. The summed E-state index contributed by atoms with van der Waals surface area (Å²) in [6.45, 7) is 5.44. The van der Waals surface area contributed by atoms with Crippen LogP contribution in [0.4, 0.5) is 0 Å². The molecule has 0 fully saturated rings. The van der Waals surface area contributed by atoms with Crippen LogP contribution < -0.4 is 5.32 Å².